The molecule has 0 aromatic heterocycles. The fourth-order valence-electron chi connectivity index (χ4n) is 7.75. The van der Waals surface area contributed by atoms with Crippen LogP contribution < -0.4 is 0 Å². The van der Waals surface area contributed by atoms with Crippen molar-refractivity contribution in [2.24, 2.45) is 28.6 Å². The maximum Gasteiger partial charge on any atom is 0.133 e. The highest BCUT2D eigenvalue weighted by molar-refractivity contribution is 5.80. The summed E-state index contributed by atoms with van der Waals surface area (Å²) in [7, 11) is 0. The molecule has 6 atom stereocenters. The Balaban J connectivity index is 1.52. The number of ketones is 1. The Morgan fingerprint density at radius 2 is 2.00 bits per heavy atom. The van der Waals surface area contributed by atoms with Crippen LogP contribution in [-0.4, -0.2) is 18.0 Å². The molecule has 4 fully saturated rings. The molecule has 0 aromatic rings. The molecular weight excluding hydrogens is 296 g/mol. The van der Waals surface area contributed by atoms with Crippen LogP contribution >= 0.6 is 0 Å². The van der Waals surface area contributed by atoms with Crippen molar-refractivity contribution < 1.29 is 9.53 Å². The van der Waals surface area contributed by atoms with E-state index in [2.05, 4.69) is 19.9 Å². The average Bonchev–Trinajstić information content (AvgIpc) is 3.15. The minimum atomic E-state index is 0.181. The molecule has 3 saturated carbocycles. The van der Waals surface area contributed by atoms with Crippen LogP contribution in [0.25, 0.3) is 0 Å². The quantitative estimate of drug-likeness (QED) is 0.580. The first-order valence-corrected chi connectivity index (χ1v) is 10.3. The van der Waals surface area contributed by atoms with Crippen molar-refractivity contribution in [1.82, 2.24) is 0 Å². The van der Waals surface area contributed by atoms with Crippen LogP contribution in [0.2, 0.25) is 0 Å². The highest BCUT2D eigenvalue weighted by atomic mass is 16.5. The van der Waals surface area contributed by atoms with Crippen molar-refractivity contribution in [1.29, 1.82) is 0 Å². The largest absolute Gasteiger partial charge is 0.374 e. The Kier molecular flexibility index (Phi) is 3.23. The first kappa shape index (κ1) is 15.6. The Morgan fingerprint density at radius 1 is 1.12 bits per heavy atom. The van der Waals surface area contributed by atoms with Crippen LogP contribution in [0, 0.1) is 28.6 Å². The van der Waals surface area contributed by atoms with Gasteiger partial charge in [0.15, 0.2) is 0 Å². The van der Waals surface area contributed by atoms with E-state index in [1.54, 1.807) is 5.57 Å². The number of ether oxygens (including phenoxy) is 1. The summed E-state index contributed by atoms with van der Waals surface area (Å²) in [4.78, 5) is 12.0. The van der Waals surface area contributed by atoms with E-state index in [-0.39, 0.29) is 5.60 Å². The predicted octanol–water partition coefficient (Wildman–Crippen LogP) is 5.07. The predicted molar refractivity (Wildman–Crippen MR) is 94.6 cm³/mol. The lowest BCUT2D eigenvalue weighted by Gasteiger charge is -2.57. The van der Waals surface area contributed by atoms with E-state index in [1.807, 2.05) is 0 Å². The van der Waals surface area contributed by atoms with Gasteiger partial charge in [-0.1, -0.05) is 25.5 Å². The maximum absolute atomic E-state index is 12.0. The Morgan fingerprint density at radius 3 is 2.79 bits per heavy atom. The minimum Gasteiger partial charge on any atom is -0.374 e. The molecule has 1 spiro atoms. The summed E-state index contributed by atoms with van der Waals surface area (Å²) in [5.41, 5.74) is 2.60. The molecule has 0 N–H and O–H groups in total. The van der Waals surface area contributed by atoms with Crippen LogP contribution in [0.5, 0.6) is 0 Å². The van der Waals surface area contributed by atoms with E-state index in [0.717, 1.165) is 37.7 Å². The van der Waals surface area contributed by atoms with E-state index in [0.29, 0.717) is 22.5 Å². The second-order valence-corrected chi connectivity index (χ2v) is 9.91. The second-order valence-electron chi connectivity index (χ2n) is 9.91. The fraction of sp³-hybridized carbons (Fsp3) is 0.864. The third-order valence-corrected chi connectivity index (χ3v) is 9.24. The number of hydrogen-bond acceptors (Lipinski definition) is 2. The van der Waals surface area contributed by atoms with Crippen LogP contribution in [0.3, 0.4) is 0 Å². The van der Waals surface area contributed by atoms with Gasteiger partial charge >= 0.3 is 0 Å². The number of allylic oxidation sites excluding steroid dienone is 2. The summed E-state index contributed by atoms with van der Waals surface area (Å²) in [6.07, 6.45) is 14.4. The molecule has 2 nitrogen and oxygen atoms in total. The summed E-state index contributed by atoms with van der Waals surface area (Å²) in [6, 6.07) is 0. The van der Waals surface area contributed by atoms with Crippen molar-refractivity contribution in [2.45, 2.75) is 83.7 Å². The maximum atomic E-state index is 12.0. The number of Topliss-reactive ketones (excluding diaryl/α,β-unsaturated/α-hetero) is 1. The van der Waals surface area contributed by atoms with Gasteiger partial charge in [-0.05, 0) is 74.5 Å². The molecule has 5 rings (SSSR count). The van der Waals surface area contributed by atoms with Crippen molar-refractivity contribution in [3.63, 3.8) is 0 Å². The summed E-state index contributed by atoms with van der Waals surface area (Å²) in [6.45, 7) is 6.01. The van der Waals surface area contributed by atoms with Gasteiger partial charge in [0, 0.05) is 24.9 Å². The zero-order valence-electron chi connectivity index (χ0n) is 15.4. The van der Waals surface area contributed by atoms with Crippen LogP contribution in [0.4, 0.5) is 0 Å². The van der Waals surface area contributed by atoms with Crippen molar-refractivity contribution in [2.75, 3.05) is 6.61 Å². The lowest BCUT2D eigenvalue weighted by atomic mass is 9.48. The standard InChI is InChI=1S/C22H32O2/c1-20-10-6-16(23)14-15(20)4-5-17-18(20)7-11-21(2)19(17)8-12-22(21)9-3-13-24-22/h7,15,17,19H,3-6,8-14H2,1-2H3/t15-,17-,19+,20+,21+,22?/m1/s1. The zero-order valence-corrected chi connectivity index (χ0v) is 15.4. The third kappa shape index (κ3) is 1.79. The Hall–Kier alpha value is -0.630. The molecule has 2 heteroatoms. The van der Waals surface area contributed by atoms with Gasteiger partial charge in [0.05, 0.1) is 5.60 Å². The van der Waals surface area contributed by atoms with Gasteiger partial charge in [-0.2, -0.15) is 0 Å². The summed E-state index contributed by atoms with van der Waals surface area (Å²) in [5, 5.41) is 0. The molecule has 5 aliphatic rings. The lowest BCUT2D eigenvalue weighted by molar-refractivity contribution is -0.126. The van der Waals surface area contributed by atoms with Crippen molar-refractivity contribution in [3.05, 3.63) is 11.6 Å². The van der Waals surface area contributed by atoms with Crippen molar-refractivity contribution >= 4 is 5.78 Å². The monoisotopic (exact) mass is 328 g/mol. The van der Waals surface area contributed by atoms with Crippen LogP contribution in [-0.2, 0) is 9.53 Å². The van der Waals surface area contributed by atoms with Gasteiger partial charge in [-0.25, -0.2) is 0 Å². The lowest BCUT2D eigenvalue weighted by Crippen LogP contribution is -2.52. The number of fused-ring (bicyclic) bond motifs is 6. The number of carbonyl (C=O) groups excluding carboxylic acids is 1. The number of hydrogen-bond donors (Lipinski definition) is 0. The molecule has 1 saturated heterocycles. The van der Waals surface area contributed by atoms with E-state index in [9.17, 15) is 4.79 Å². The minimum absolute atomic E-state index is 0.181. The first-order chi connectivity index (χ1) is 11.5. The topological polar surface area (TPSA) is 26.3 Å². The average molecular weight is 328 g/mol. The molecule has 0 amide bonds. The summed E-state index contributed by atoms with van der Waals surface area (Å²) >= 11 is 0. The van der Waals surface area contributed by atoms with Gasteiger partial charge < -0.3 is 4.74 Å². The SMILES string of the molecule is C[C@]12CC=C3[C@@H](CC[C@@H]4CC(=O)CC[C@]34C)[C@@H]1CCC21CCCO1. The highest BCUT2D eigenvalue weighted by Crippen LogP contribution is 2.68. The normalized spacial score (nSPS) is 53.5. The molecule has 24 heavy (non-hydrogen) atoms. The smallest absolute Gasteiger partial charge is 0.133 e. The van der Waals surface area contributed by atoms with E-state index in [1.165, 1.54) is 44.9 Å². The van der Waals surface area contributed by atoms with E-state index < -0.39 is 0 Å². The van der Waals surface area contributed by atoms with Gasteiger partial charge in [0.1, 0.15) is 5.78 Å². The molecule has 132 valence electrons. The Bertz CT molecular complexity index is 599. The van der Waals surface area contributed by atoms with Gasteiger partial charge in [-0.15, -0.1) is 0 Å². The molecule has 1 unspecified atom stereocenters. The Labute approximate surface area is 146 Å². The summed E-state index contributed by atoms with van der Waals surface area (Å²) in [5.74, 6) is 2.70. The molecule has 0 bridgehead atoms. The third-order valence-electron chi connectivity index (χ3n) is 9.24. The molecule has 4 aliphatic carbocycles. The zero-order chi connectivity index (χ0) is 16.6. The number of rotatable bonds is 0. The van der Waals surface area contributed by atoms with Gasteiger partial charge in [-0.3, -0.25) is 4.79 Å². The fourth-order valence-corrected chi connectivity index (χ4v) is 7.75. The molecule has 0 aromatic carbocycles. The first-order valence-electron chi connectivity index (χ1n) is 10.3. The summed E-state index contributed by atoms with van der Waals surface area (Å²) < 4.78 is 6.43. The van der Waals surface area contributed by atoms with Crippen LogP contribution in [0.1, 0.15) is 78.1 Å². The van der Waals surface area contributed by atoms with Crippen molar-refractivity contribution in [3.8, 4) is 0 Å². The molecule has 1 aliphatic heterocycles. The van der Waals surface area contributed by atoms with Crippen LogP contribution in [0.15, 0.2) is 11.6 Å². The second kappa shape index (κ2) is 4.96. The molecule has 0 radical (unpaired) electrons. The number of carbonyl (C=O) groups is 1. The van der Waals surface area contributed by atoms with E-state index >= 15 is 0 Å². The van der Waals surface area contributed by atoms with E-state index in [4.69, 9.17) is 4.74 Å². The molecular formula is C22H32O2. The van der Waals surface area contributed by atoms with Gasteiger partial charge in [0.25, 0.3) is 0 Å². The van der Waals surface area contributed by atoms with Gasteiger partial charge in [0.2, 0.25) is 0 Å². The highest BCUT2D eigenvalue weighted by Gasteiger charge is 2.63. The molecule has 1 heterocycles.